The fourth-order valence-corrected chi connectivity index (χ4v) is 2.16. The second kappa shape index (κ2) is 4.07. The molecule has 1 aliphatic carbocycles. The quantitative estimate of drug-likeness (QED) is 0.579. The summed E-state index contributed by atoms with van der Waals surface area (Å²) in [4.78, 5) is 0. The standard InChI is InChI=1S/C9H14ClF3/c1-6(10)7-2-4-8(5-3-7)9(11,12)13/h6-8H,2-5H2,1H3. The molecule has 1 atom stereocenters. The topological polar surface area (TPSA) is 0 Å². The third-order valence-electron chi connectivity index (χ3n) is 2.88. The van der Waals surface area contributed by atoms with Gasteiger partial charge in [0, 0.05) is 5.38 Å². The predicted octanol–water partition coefficient (Wildman–Crippen LogP) is 3.98. The molecule has 1 unspecified atom stereocenters. The van der Waals surface area contributed by atoms with Crippen molar-refractivity contribution in [3.05, 3.63) is 0 Å². The molecule has 0 spiro atoms. The molecular formula is C9H14ClF3. The Labute approximate surface area is 81.5 Å². The van der Waals surface area contributed by atoms with Gasteiger partial charge >= 0.3 is 6.18 Å². The van der Waals surface area contributed by atoms with Gasteiger partial charge in [0.25, 0.3) is 0 Å². The molecule has 4 heteroatoms. The third kappa shape index (κ3) is 3.04. The van der Waals surface area contributed by atoms with Crippen LogP contribution in [0.4, 0.5) is 13.2 Å². The maximum Gasteiger partial charge on any atom is 0.391 e. The van der Waals surface area contributed by atoms with Crippen LogP contribution >= 0.6 is 11.6 Å². The number of halogens is 4. The summed E-state index contributed by atoms with van der Waals surface area (Å²) in [6.45, 7) is 1.86. The van der Waals surface area contributed by atoms with E-state index < -0.39 is 12.1 Å². The van der Waals surface area contributed by atoms with Gasteiger partial charge in [-0.1, -0.05) is 0 Å². The summed E-state index contributed by atoms with van der Waals surface area (Å²) in [6, 6.07) is 0. The smallest absolute Gasteiger partial charge is 0.171 e. The zero-order valence-electron chi connectivity index (χ0n) is 7.57. The van der Waals surface area contributed by atoms with Gasteiger partial charge in [-0.3, -0.25) is 0 Å². The minimum absolute atomic E-state index is 0.00850. The molecule has 1 saturated carbocycles. The van der Waals surface area contributed by atoms with Crippen molar-refractivity contribution < 1.29 is 13.2 Å². The Bertz CT molecular complexity index is 157. The van der Waals surface area contributed by atoms with E-state index in [9.17, 15) is 13.2 Å². The van der Waals surface area contributed by atoms with E-state index in [-0.39, 0.29) is 24.1 Å². The summed E-state index contributed by atoms with van der Waals surface area (Å²) in [5.41, 5.74) is 0. The van der Waals surface area contributed by atoms with Crippen LogP contribution in [0.5, 0.6) is 0 Å². The molecule has 13 heavy (non-hydrogen) atoms. The van der Waals surface area contributed by atoms with Crippen LogP contribution in [0.25, 0.3) is 0 Å². The Kier molecular flexibility index (Phi) is 3.50. The van der Waals surface area contributed by atoms with Crippen LogP contribution in [-0.2, 0) is 0 Å². The summed E-state index contributed by atoms with van der Waals surface area (Å²) < 4.78 is 36.7. The molecule has 0 heterocycles. The van der Waals surface area contributed by atoms with Crippen LogP contribution in [0.3, 0.4) is 0 Å². The second-order valence-electron chi connectivity index (χ2n) is 3.83. The van der Waals surface area contributed by atoms with Gasteiger partial charge in [-0.15, -0.1) is 11.6 Å². The Morgan fingerprint density at radius 3 is 1.92 bits per heavy atom. The molecule has 0 aliphatic heterocycles. The number of rotatable bonds is 1. The Balaban J connectivity index is 2.39. The molecule has 0 aromatic rings. The van der Waals surface area contributed by atoms with Crippen molar-refractivity contribution in [3.8, 4) is 0 Å². The van der Waals surface area contributed by atoms with E-state index in [1.807, 2.05) is 6.92 Å². The van der Waals surface area contributed by atoms with Crippen molar-refractivity contribution in [1.29, 1.82) is 0 Å². The van der Waals surface area contributed by atoms with Crippen molar-refractivity contribution >= 4 is 11.6 Å². The molecule has 0 amide bonds. The summed E-state index contributed by atoms with van der Waals surface area (Å²) >= 11 is 5.84. The minimum atomic E-state index is -4.00. The number of hydrogen-bond acceptors (Lipinski definition) is 0. The first-order valence-electron chi connectivity index (χ1n) is 4.62. The molecule has 0 bridgehead atoms. The van der Waals surface area contributed by atoms with Crippen molar-refractivity contribution in [3.63, 3.8) is 0 Å². The average Bonchev–Trinajstić information content (AvgIpc) is 2.03. The molecule has 0 nitrogen and oxygen atoms in total. The van der Waals surface area contributed by atoms with Gasteiger partial charge < -0.3 is 0 Å². The highest BCUT2D eigenvalue weighted by Crippen LogP contribution is 2.40. The van der Waals surface area contributed by atoms with Gasteiger partial charge in [0.2, 0.25) is 0 Å². The fraction of sp³-hybridized carbons (Fsp3) is 1.00. The maximum absolute atomic E-state index is 12.2. The van der Waals surface area contributed by atoms with Crippen LogP contribution in [0.1, 0.15) is 32.6 Å². The van der Waals surface area contributed by atoms with Crippen LogP contribution < -0.4 is 0 Å². The number of hydrogen-bond donors (Lipinski definition) is 0. The zero-order chi connectivity index (χ0) is 10.1. The lowest BCUT2D eigenvalue weighted by Gasteiger charge is -2.30. The SMILES string of the molecule is CC(Cl)C1CCC(C(F)(F)F)CC1. The Hall–Kier alpha value is 0.0800. The molecule has 0 aromatic carbocycles. The molecular weight excluding hydrogens is 201 g/mol. The average molecular weight is 215 g/mol. The first-order valence-corrected chi connectivity index (χ1v) is 5.05. The summed E-state index contributed by atoms with van der Waals surface area (Å²) in [5, 5.41) is 0.00850. The molecule has 0 saturated heterocycles. The lowest BCUT2D eigenvalue weighted by molar-refractivity contribution is -0.183. The highest BCUT2D eigenvalue weighted by Gasteiger charge is 2.41. The van der Waals surface area contributed by atoms with Crippen molar-refractivity contribution in [2.45, 2.75) is 44.2 Å². The Morgan fingerprint density at radius 2 is 1.62 bits per heavy atom. The fourth-order valence-electron chi connectivity index (χ4n) is 1.91. The van der Waals surface area contributed by atoms with Crippen molar-refractivity contribution in [2.24, 2.45) is 11.8 Å². The largest absolute Gasteiger partial charge is 0.391 e. The first-order chi connectivity index (χ1) is 5.91. The lowest BCUT2D eigenvalue weighted by Crippen LogP contribution is -2.29. The van der Waals surface area contributed by atoms with Crippen molar-refractivity contribution in [2.75, 3.05) is 0 Å². The maximum atomic E-state index is 12.2. The minimum Gasteiger partial charge on any atom is -0.171 e. The van der Waals surface area contributed by atoms with Gasteiger partial charge in [0.1, 0.15) is 0 Å². The molecule has 78 valence electrons. The molecule has 1 aliphatic rings. The summed E-state index contributed by atoms with van der Waals surface area (Å²) in [5.74, 6) is -0.806. The predicted molar refractivity (Wildman–Crippen MR) is 46.8 cm³/mol. The first kappa shape index (κ1) is 11.2. The van der Waals surface area contributed by atoms with Gasteiger partial charge in [0.05, 0.1) is 5.92 Å². The van der Waals surface area contributed by atoms with Crippen LogP contribution in [0, 0.1) is 11.8 Å². The van der Waals surface area contributed by atoms with Gasteiger partial charge in [-0.25, -0.2) is 0 Å². The van der Waals surface area contributed by atoms with E-state index in [1.165, 1.54) is 0 Å². The molecule has 1 rings (SSSR count). The normalized spacial score (nSPS) is 33.0. The van der Waals surface area contributed by atoms with E-state index in [2.05, 4.69) is 0 Å². The third-order valence-corrected chi connectivity index (χ3v) is 3.24. The van der Waals surface area contributed by atoms with Crippen LogP contribution in [-0.4, -0.2) is 11.6 Å². The van der Waals surface area contributed by atoms with E-state index in [0.717, 1.165) is 0 Å². The zero-order valence-corrected chi connectivity index (χ0v) is 8.33. The summed E-state index contributed by atoms with van der Waals surface area (Å²) in [6.07, 6.45) is -2.25. The van der Waals surface area contributed by atoms with Crippen molar-refractivity contribution in [1.82, 2.24) is 0 Å². The van der Waals surface area contributed by atoms with Crippen LogP contribution in [0.2, 0.25) is 0 Å². The monoisotopic (exact) mass is 214 g/mol. The molecule has 1 fully saturated rings. The second-order valence-corrected chi connectivity index (χ2v) is 4.52. The van der Waals surface area contributed by atoms with Gasteiger partial charge in [-0.05, 0) is 38.5 Å². The Morgan fingerprint density at radius 1 is 1.15 bits per heavy atom. The van der Waals surface area contributed by atoms with E-state index in [0.29, 0.717) is 12.8 Å². The van der Waals surface area contributed by atoms with Crippen LogP contribution in [0.15, 0.2) is 0 Å². The van der Waals surface area contributed by atoms with Gasteiger partial charge in [-0.2, -0.15) is 13.2 Å². The summed E-state index contributed by atoms with van der Waals surface area (Å²) in [7, 11) is 0. The van der Waals surface area contributed by atoms with E-state index in [1.54, 1.807) is 0 Å². The molecule has 0 aromatic heterocycles. The molecule has 0 radical (unpaired) electrons. The number of alkyl halides is 4. The lowest BCUT2D eigenvalue weighted by atomic mass is 9.80. The molecule has 0 N–H and O–H groups in total. The van der Waals surface area contributed by atoms with Gasteiger partial charge in [0.15, 0.2) is 0 Å². The highest BCUT2D eigenvalue weighted by molar-refractivity contribution is 6.20. The highest BCUT2D eigenvalue weighted by atomic mass is 35.5. The van der Waals surface area contributed by atoms with E-state index in [4.69, 9.17) is 11.6 Å². The van der Waals surface area contributed by atoms with E-state index >= 15 is 0 Å².